The zero-order valence-electron chi connectivity index (χ0n) is 9.52. The van der Waals surface area contributed by atoms with Crippen molar-refractivity contribution in [3.8, 4) is 11.1 Å². The summed E-state index contributed by atoms with van der Waals surface area (Å²) in [7, 11) is -3.32. The molecule has 2 nitrogen and oxygen atoms in total. The maximum Gasteiger partial charge on any atom is 0.176 e. The molecule has 94 valence electrons. The first-order valence-electron chi connectivity index (χ1n) is 5.14. The van der Waals surface area contributed by atoms with Gasteiger partial charge in [0.1, 0.15) is 5.82 Å². The van der Waals surface area contributed by atoms with Crippen LogP contribution in [0.25, 0.3) is 11.1 Å². The van der Waals surface area contributed by atoms with Crippen molar-refractivity contribution < 1.29 is 12.8 Å². The normalized spacial score (nSPS) is 11.5. The summed E-state index contributed by atoms with van der Waals surface area (Å²) in [6.07, 6.45) is 1.16. The predicted octanol–water partition coefficient (Wildman–Crippen LogP) is 3.66. The van der Waals surface area contributed by atoms with E-state index in [1.165, 1.54) is 12.1 Å². The first kappa shape index (κ1) is 13.2. The molecule has 0 aliphatic carbocycles. The topological polar surface area (TPSA) is 34.1 Å². The summed E-state index contributed by atoms with van der Waals surface area (Å²) in [5.41, 5.74) is 1.21. The molecule has 18 heavy (non-hydrogen) atoms. The Balaban J connectivity index is 2.72. The molecule has 0 saturated heterocycles. The minimum atomic E-state index is -3.32. The molecule has 0 spiro atoms. The lowest BCUT2D eigenvalue weighted by molar-refractivity contribution is 0.602. The lowest BCUT2D eigenvalue weighted by Crippen LogP contribution is -2.00. The predicted molar refractivity (Wildman–Crippen MR) is 72.6 cm³/mol. The molecule has 0 heterocycles. The van der Waals surface area contributed by atoms with Gasteiger partial charge in [0.25, 0.3) is 0 Å². The van der Waals surface area contributed by atoms with E-state index in [4.69, 9.17) is 0 Å². The second-order valence-corrected chi connectivity index (χ2v) is 6.73. The van der Waals surface area contributed by atoms with E-state index in [1.807, 2.05) is 0 Å². The van der Waals surface area contributed by atoms with E-state index in [-0.39, 0.29) is 10.7 Å². The van der Waals surface area contributed by atoms with Gasteiger partial charge in [-0.1, -0.05) is 40.2 Å². The third-order valence-electron chi connectivity index (χ3n) is 2.51. The Kier molecular flexibility index (Phi) is 3.54. The van der Waals surface area contributed by atoms with Crippen LogP contribution in [0.2, 0.25) is 0 Å². The Morgan fingerprint density at radius 1 is 1.06 bits per heavy atom. The number of halogens is 2. The van der Waals surface area contributed by atoms with E-state index in [0.29, 0.717) is 15.6 Å². The van der Waals surface area contributed by atoms with Gasteiger partial charge in [-0.3, -0.25) is 0 Å². The summed E-state index contributed by atoms with van der Waals surface area (Å²) >= 11 is 3.25. The van der Waals surface area contributed by atoms with E-state index in [0.717, 1.165) is 6.26 Å². The summed E-state index contributed by atoms with van der Waals surface area (Å²) in [4.78, 5) is 0.234. The van der Waals surface area contributed by atoms with Crippen molar-refractivity contribution in [2.75, 3.05) is 6.26 Å². The number of sulfone groups is 1. The van der Waals surface area contributed by atoms with Crippen LogP contribution >= 0.6 is 15.9 Å². The van der Waals surface area contributed by atoms with Gasteiger partial charge in [0, 0.05) is 16.3 Å². The Labute approximate surface area is 114 Å². The highest BCUT2D eigenvalue weighted by molar-refractivity contribution is 9.10. The zero-order valence-corrected chi connectivity index (χ0v) is 11.9. The highest BCUT2D eigenvalue weighted by Gasteiger charge is 2.15. The third-order valence-corrected chi connectivity index (χ3v) is 4.32. The lowest BCUT2D eigenvalue weighted by atomic mass is 10.1. The molecule has 0 aliphatic heterocycles. The van der Waals surface area contributed by atoms with Gasteiger partial charge >= 0.3 is 0 Å². The smallest absolute Gasteiger partial charge is 0.176 e. The van der Waals surface area contributed by atoms with Gasteiger partial charge in [-0.2, -0.15) is 0 Å². The summed E-state index contributed by atoms with van der Waals surface area (Å²) in [6.45, 7) is 0. The summed E-state index contributed by atoms with van der Waals surface area (Å²) < 4.78 is 37.0. The highest BCUT2D eigenvalue weighted by Crippen LogP contribution is 2.33. The largest absolute Gasteiger partial charge is 0.224 e. The molecular weight excluding hydrogens is 319 g/mol. The fourth-order valence-electron chi connectivity index (χ4n) is 1.72. The van der Waals surface area contributed by atoms with Crippen molar-refractivity contribution in [1.29, 1.82) is 0 Å². The van der Waals surface area contributed by atoms with Crippen LogP contribution in [0.1, 0.15) is 0 Å². The lowest BCUT2D eigenvalue weighted by Gasteiger charge is -2.09. The fourth-order valence-corrected chi connectivity index (χ4v) is 3.19. The van der Waals surface area contributed by atoms with Crippen LogP contribution in [0.5, 0.6) is 0 Å². The quantitative estimate of drug-likeness (QED) is 0.843. The maximum absolute atomic E-state index is 13.0. The monoisotopic (exact) mass is 328 g/mol. The molecule has 0 N–H and O–H groups in total. The molecule has 0 aromatic heterocycles. The second-order valence-electron chi connectivity index (χ2n) is 3.89. The van der Waals surface area contributed by atoms with Gasteiger partial charge in [0.05, 0.1) is 4.90 Å². The SMILES string of the molecule is CS(=O)(=O)c1ccccc1-c1ccc(F)cc1Br. The zero-order chi connectivity index (χ0) is 13.3. The van der Waals surface area contributed by atoms with Crippen LogP contribution in [0.3, 0.4) is 0 Å². The summed E-state index contributed by atoms with van der Waals surface area (Å²) in [6, 6.07) is 10.8. The van der Waals surface area contributed by atoms with Crippen LogP contribution in [0.15, 0.2) is 51.8 Å². The molecule has 0 atom stereocenters. The minimum absolute atomic E-state index is 0.234. The molecule has 2 aromatic carbocycles. The third kappa shape index (κ3) is 2.62. The molecule has 0 fully saturated rings. The number of hydrogen-bond acceptors (Lipinski definition) is 2. The number of rotatable bonds is 2. The molecule has 0 radical (unpaired) electrons. The highest BCUT2D eigenvalue weighted by atomic mass is 79.9. The Hall–Kier alpha value is -1.20. The standard InChI is InChI=1S/C13H10BrFO2S/c1-18(16,17)13-5-3-2-4-11(13)10-7-6-9(15)8-12(10)14/h2-8H,1H3. The number of benzene rings is 2. The van der Waals surface area contributed by atoms with Crippen molar-refractivity contribution in [3.05, 3.63) is 52.8 Å². The Bertz CT molecular complexity index is 696. The summed E-state index contributed by atoms with van der Waals surface area (Å²) in [5, 5.41) is 0. The molecule has 5 heteroatoms. The number of hydrogen-bond donors (Lipinski definition) is 0. The van der Waals surface area contributed by atoms with E-state index in [9.17, 15) is 12.8 Å². The van der Waals surface area contributed by atoms with Crippen molar-refractivity contribution in [1.82, 2.24) is 0 Å². The molecule has 0 unspecified atom stereocenters. The van der Waals surface area contributed by atoms with Crippen LogP contribution in [-0.4, -0.2) is 14.7 Å². The molecule has 2 rings (SSSR count). The molecule has 0 saturated carbocycles. The van der Waals surface area contributed by atoms with Crippen molar-refractivity contribution in [2.45, 2.75) is 4.90 Å². The van der Waals surface area contributed by atoms with Crippen LogP contribution in [0.4, 0.5) is 4.39 Å². The van der Waals surface area contributed by atoms with Gasteiger partial charge in [-0.15, -0.1) is 0 Å². The molecule has 2 aromatic rings. The molecule has 0 bridgehead atoms. The Morgan fingerprint density at radius 3 is 2.33 bits per heavy atom. The fraction of sp³-hybridized carbons (Fsp3) is 0.0769. The van der Waals surface area contributed by atoms with E-state index >= 15 is 0 Å². The van der Waals surface area contributed by atoms with Crippen molar-refractivity contribution in [3.63, 3.8) is 0 Å². The first-order valence-corrected chi connectivity index (χ1v) is 7.82. The van der Waals surface area contributed by atoms with E-state index < -0.39 is 9.84 Å². The van der Waals surface area contributed by atoms with E-state index in [1.54, 1.807) is 30.3 Å². The average molecular weight is 329 g/mol. The second kappa shape index (κ2) is 4.82. The maximum atomic E-state index is 13.0. The molecule has 0 amide bonds. The van der Waals surface area contributed by atoms with Crippen LogP contribution < -0.4 is 0 Å². The van der Waals surface area contributed by atoms with Gasteiger partial charge < -0.3 is 0 Å². The molecular formula is C13H10BrFO2S. The van der Waals surface area contributed by atoms with Gasteiger partial charge in [-0.05, 0) is 23.8 Å². The first-order chi connectivity index (χ1) is 8.39. The van der Waals surface area contributed by atoms with Gasteiger partial charge in [0.2, 0.25) is 0 Å². The van der Waals surface area contributed by atoms with Gasteiger partial charge in [0.15, 0.2) is 9.84 Å². The average Bonchev–Trinajstić information content (AvgIpc) is 2.28. The molecule has 0 aliphatic rings. The van der Waals surface area contributed by atoms with Gasteiger partial charge in [-0.25, -0.2) is 12.8 Å². The van der Waals surface area contributed by atoms with Crippen LogP contribution in [0, 0.1) is 5.82 Å². The van der Waals surface area contributed by atoms with Crippen molar-refractivity contribution in [2.24, 2.45) is 0 Å². The van der Waals surface area contributed by atoms with Crippen LogP contribution in [-0.2, 0) is 9.84 Å². The Morgan fingerprint density at radius 2 is 1.72 bits per heavy atom. The van der Waals surface area contributed by atoms with E-state index in [2.05, 4.69) is 15.9 Å². The minimum Gasteiger partial charge on any atom is -0.224 e. The summed E-state index contributed by atoms with van der Waals surface area (Å²) in [5.74, 6) is -0.373. The van der Waals surface area contributed by atoms with Crippen molar-refractivity contribution >= 4 is 25.8 Å².